The molecule has 1 aromatic rings. The molecule has 5 heteroatoms. The van der Waals surface area contributed by atoms with Gasteiger partial charge >= 0.3 is 5.97 Å². The lowest BCUT2D eigenvalue weighted by atomic mass is 10.3. The zero-order chi connectivity index (χ0) is 12.1. The molecule has 0 aliphatic carbocycles. The normalized spacial score (nSPS) is 10.2. The molecule has 0 N–H and O–H groups in total. The Balaban J connectivity index is 2.99. The molecule has 0 aliphatic rings. The third-order valence-corrected chi connectivity index (χ3v) is 2.05. The molecular formula is C11H16N2O3. The van der Waals surface area contributed by atoms with Crippen LogP contribution < -0.4 is 0 Å². The first-order chi connectivity index (χ1) is 7.58. The van der Waals surface area contributed by atoms with Crippen molar-refractivity contribution in [1.82, 2.24) is 9.78 Å². The number of nitrogens with zero attached hydrogens (tertiary/aromatic N) is 2. The Hall–Kier alpha value is -1.65. The number of hydrogen-bond donors (Lipinski definition) is 0. The van der Waals surface area contributed by atoms with Gasteiger partial charge in [-0.05, 0) is 26.3 Å². The molecule has 0 bridgehead atoms. The maximum absolute atomic E-state index is 11.6. The van der Waals surface area contributed by atoms with Crippen molar-refractivity contribution in [2.75, 3.05) is 6.61 Å². The third-order valence-electron chi connectivity index (χ3n) is 2.05. The number of ketones is 1. The Morgan fingerprint density at radius 1 is 1.44 bits per heavy atom. The zero-order valence-electron chi connectivity index (χ0n) is 9.82. The summed E-state index contributed by atoms with van der Waals surface area (Å²) < 4.78 is 6.30. The van der Waals surface area contributed by atoms with E-state index in [0.717, 1.165) is 12.1 Å². The van der Waals surface area contributed by atoms with Crippen molar-refractivity contribution < 1.29 is 14.3 Å². The highest BCUT2D eigenvalue weighted by molar-refractivity contribution is 5.88. The highest BCUT2D eigenvalue weighted by atomic mass is 16.5. The molecule has 0 aromatic carbocycles. The van der Waals surface area contributed by atoms with Gasteiger partial charge in [0.25, 0.3) is 0 Å². The van der Waals surface area contributed by atoms with Gasteiger partial charge in [-0.15, -0.1) is 0 Å². The van der Waals surface area contributed by atoms with Gasteiger partial charge in [0.15, 0.2) is 5.78 Å². The fourth-order valence-corrected chi connectivity index (χ4v) is 1.34. The highest BCUT2D eigenvalue weighted by Crippen LogP contribution is 2.07. The Morgan fingerprint density at radius 3 is 2.62 bits per heavy atom. The number of hydrogen-bond acceptors (Lipinski definition) is 4. The molecule has 0 atom stereocenters. The van der Waals surface area contributed by atoms with Crippen LogP contribution in [0.1, 0.15) is 37.0 Å². The van der Waals surface area contributed by atoms with Gasteiger partial charge in [0.2, 0.25) is 0 Å². The largest absolute Gasteiger partial charge is 0.461 e. The zero-order valence-corrected chi connectivity index (χ0v) is 9.82. The maximum Gasteiger partial charge on any atom is 0.356 e. The van der Waals surface area contributed by atoms with Gasteiger partial charge in [0.05, 0.1) is 12.3 Å². The molecule has 0 saturated heterocycles. The SMILES string of the molecule is CCOC(=O)c1cc(CC)nn1CC(C)=O. The standard InChI is InChI=1S/C11H16N2O3/c1-4-9-6-10(11(15)16-5-2)13(12-9)7-8(3)14/h6H,4-5,7H2,1-3H3. The van der Waals surface area contributed by atoms with E-state index in [9.17, 15) is 9.59 Å². The van der Waals surface area contributed by atoms with Gasteiger partial charge in [0, 0.05) is 0 Å². The van der Waals surface area contributed by atoms with E-state index in [1.807, 2.05) is 6.92 Å². The second-order valence-electron chi connectivity index (χ2n) is 3.45. The molecule has 5 nitrogen and oxygen atoms in total. The Morgan fingerprint density at radius 2 is 2.12 bits per heavy atom. The fourth-order valence-electron chi connectivity index (χ4n) is 1.34. The summed E-state index contributed by atoms with van der Waals surface area (Å²) in [5.74, 6) is -0.479. The Bertz CT molecular complexity index is 396. The van der Waals surface area contributed by atoms with E-state index >= 15 is 0 Å². The van der Waals surface area contributed by atoms with Crippen molar-refractivity contribution in [3.8, 4) is 0 Å². The van der Waals surface area contributed by atoms with Crippen LogP contribution >= 0.6 is 0 Å². The first-order valence-corrected chi connectivity index (χ1v) is 5.31. The number of aryl methyl sites for hydroxylation is 1. The van der Waals surface area contributed by atoms with Gasteiger partial charge < -0.3 is 4.74 Å². The predicted molar refractivity (Wildman–Crippen MR) is 58.2 cm³/mol. The molecular weight excluding hydrogens is 208 g/mol. The van der Waals surface area contributed by atoms with Gasteiger partial charge in [-0.2, -0.15) is 5.10 Å². The van der Waals surface area contributed by atoms with Gasteiger partial charge in [0.1, 0.15) is 12.2 Å². The van der Waals surface area contributed by atoms with Crippen molar-refractivity contribution >= 4 is 11.8 Å². The molecule has 0 radical (unpaired) electrons. The van der Waals surface area contributed by atoms with Crippen molar-refractivity contribution in [2.24, 2.45) is 0 Å². The summed E-state index contributed by atoms with van der Waals surface area (Å²) in [6.45, 7) is 5.56. The molecule has 0 unspecified atom stereocenters. The van der Waals surface area contributed by atoms with E-state index in [0.29, 0.717) is 12.3 Å². The summed E-state index contributed by atoms with van der Waals surface area (Å²) >= 11 is 0. The lowest BCUT2D eigenvalue weighted by Crippen LogP contribution is -2.16. The summed E-state index contributed by atoms with van der Waals surface area (Å²) in [6.07, 6.45) is 0.720. The van der Waals surface area contributed by atoms with Crippen LogP contribution in [0.5, 0.6) is 0 Å². The van der Waals surface area contributed by atoms with Crippen LogP contribution in [0.3, 0.4) is 0 Å². The Labute approximate surface area is 94.4 Å². The first kappa shape index (κ1) is 12.4. The van der Waals surface area contributed by atoms with E-state index in [2.05, 4.69) is 5.10 Å². The summed E-state index contributed by atoms with van der Waals surface area (Å²) in [7, 11) is 0. The number of carbonyl (C=O) groups is 2. The average Bonchev–Trinajstić information content (AvgIpc) is 2.60. The molecule has 1 aromatic heterocycles. The summed E-state index contributed by atoms with van der Waals surface area (Å²) in [5.41, 5.74) is 1.12. The van der Waals surface area contributed by atoms with E-state index in [4.69, 9.17) is 4.74 Å². The van der Waals surface area contributed by atoms with Crippen LogP contribution in [0.2, 0.25) is 0 Å². The van der Waals surface area contributed by atoms with Crippen molar-refractivity contribution in [3.05, 3.63) is 17.5 Å². The van der Waals surface area contributed by atoms with E-state index in [-0.39, 0.29) is 12.3 Å². The van der Waals surface area contributed by atoms with Crippen molar-refractivity contribution in [1.29, 1.82) is 0 Å². The van der Waals surface area contributed by atoms with Crippen LogP contribution in [0.15, 0.2) is 6.07 Å². The summed E-state index contributed by atoms with van der Waals surface area (Å²) in [4.78, 5) is 22.6. The Kier molecular flexibility index (Phi) is 4.22. The van der Waals surface area contributed by atoms with Crippen LogP contribution in [-0.4, -0.2) is 28.1 Å². The first-order valence-electron chi connectivity index (χ1n) is 5.31. The number of aromatic nitrogens is 2. The van der Waals surface area contributed by atoms with Crippen LogP contribution in [-0.2, 0) is 22.5 Å². The average molecular weight is 224 g/mol. The number of rotatable bonds is 5. The lowest BCUT2D eigenvalue weighted by molar-refractivity contribution is -0.117. The number of carbonyl (C=O) groups excluding carboxylic acids is 2. The minimum Gasteiger partial charge on any atom is -0.461 e. The fraction of sp³-hybridized carbons (Fsp3) is 0.545. The van der Waals surface area contributed by atoms with E-state index in [1.54, 1.807) is 13.0 Å². The van der Waals surface area contributed by atoms with Gasteiger partial charge in [-0.3, -0.25) is 9.48 Å². The maximum atomic E-state index is 11.6. The minimum absolute atomic E-state index is 0.0451. The smallest absolute Gasteiger partial charge is 0.356 e. The minimum atomic E-state index is -0.434. The molecule has 0 spiro atoms. The van der Waals surface area contributed by atoms with Gasteiger partial charge in [-0.1, -0.05) is 6.92 Å². The third kappa shape index (κ3) is 2.92. The van der Waals surface area contributed by atoms with Crippen LogP contribution in [0.25, 0.3) is 0 Å². The van der Waals surface area contributed by atoms with Crippen molar-refractivity contribution in [3.63, 3.8) is 0 Å². The lowest BCUT2D eigenvalue weighted by Gasteiger charge is -2.04. The van der Waals surface area contributed by atoms with Crippen LogP contribution in [0.4, 0.5) is 0 Å². The monoisotopic (exact) mass is 224 g/mol. The topological polar surface area (TPSA) is 61.2 Å². The molecule has 1 heterocycles. The molecule has 16 heavy (non-hydrogen) atoms. The number of Topliss-reactive ketones (excluding diaryl/α,β-unsaturated/α-hetero) is 1. The second-order valence-corrected chi connectivity index (χ2v) is 3.45. The molecule has 1 rings (SSSR count). The molecule has 0 saturated carbocycles. The molecule has 0 fully saturated rings. The van der Waals surface area contributed by atoms with E-state index in [1.165, 1.54) is 11.6 Å². The number of esters is 1. The quantitative estimate of drug-likeness (QED) is 0.705. The number of ether oxygens (including phenoxy) is 1. The van der Waals surface area contributed by atoms with Crippen molar-refractivity contribution in [2.45, 2.75) is 33.7 Å². The summed E-state index contributed by atoms with van der Waals surface area (Å²) in [6, 6.07) is 1.67. The highest BCUT2D eigenvalue weighted by Gasteiger charge is 2.16. The predicted octanol–water partition coefficient (Wildman–Crippen LogP) is 1.21. The van der Waals surface area contributed by atoms with Crippen LogP contribution in [0, 0.1) is 0 Å². The van der Waals surface area contributed by atoms with E-state index < -0.39 is 5.97 Å². The second kappa shape index (κ2) is 5.44. The van der Waals surface area contributed by atoms with Gasteiger partial charge in [-0.25, -0.2) is 4.79 Å². The molecule has 0 amide bonds. The molecule has 0 aliphatic heterocycles. The summed E-state index contributed by atoms with van der Waals surface area (Å²) in [5, 5.41) is 4.17. The molecule has 88 valence electrons.